The van der Waals surface area contributed by atoms with E-state index in [0.717, 1.165) is 10.7 Å². The van der Waals surface area contributed by atoms with E-state index in [1.165, 1.54) is 12.8 Å². The van der Waals surface area contributed by atoms with Crippen molar-refractivity contribution in [2.75, 3.05) is 6.61 Å². The lowest BCUT2D eigenvalue weighted by Crippen LogP contribution is -2.26. The molecule has 72 valence electrons. The first-order valence-corrected chi connectivity index (χ1v) is 5.46. The van der Waals surface area contributed by atoms with E-state index in [2.05, 4.69) is 10.3 Å². The average Bonchev–Trinajstić information content (AvgIpc) is 2.84. The molecule has 1 heterocycles. The van der Waals surface area contributed by atoms with Gasteiger partial charge in [0.1, 0.15) is 5.01 Å². The smallest absolute Gasteiger partial charge is 0.112 e. The van der Waals surface area contributed by atoms with Crippen LogP contribution < -0.4 is 5.32 Å². The third-order valence-electron chi connectivity index (χ3n) is 2.13. The van der Waals surface area contributed by atoms with Gasteiger partial charge in [-0.2, -0.15) is 0 Å². The van der Waals surface area contributed by atoms with Gasteiger partial charge in [-0.05, 0) is 19.8 Å². The maximum atomic E-state index is 9.17. The lowest BCUT2D eigenvalue weighted by atomic mass is 10.3. The highest BCUT2D eigenvalue weighted by Gasteiger charge is 2.26. The first-order valence-electron chi connectivity index (χ1n) is 4.58. The molecule has 1 aliphatic rings. The van der Waals surface area contributed by atoms with Crippen LogP contribution in [0.1, 0.15) is 29.6 Å². The van der Waals surface area contributed by atoms with Gasteiger partial charge in [0.05, 0.1) is 12.6 Å². The fraction of sp³-hybridized carbons (Fsp3) is 0.667. The summed E-state index contributed by atoms with van der Waals surface area (Å²) in [7, 11) is 0. The second kappa shape index (κ2) is 3.74. The Hall–Kier alpha value is -0.450. The number of nitrogens with one attached hydrogen (secondary N) is 1. The van der Waals surface area contributed by atoms with E-state index in [0.29, 0.717) is 6.04 Å². The highest BCUT2D eigenvalue weighted by molar-refractivity contribution is 7.09. The number of nitrogens with zero attached hydrogens (tertiary/aromatic N) is 1. The average molecular weight is 198 g/mol. The molecular weight excluding hydrogens is 184 g/mol. The van der Waals surface area contributed by atoms with Crippen molar-refractivity contribution in [1.29, 1.82) is 0 Å². The van der Waals surface area contributed by atoms with Crippen LogP contribution in [0.5, 0.6) is 0 Å². The monoisotopic (exact) mass is 198 g/mol. The van der Waals surface area contributed by atoms with Crippen LogP contribution >= 0.6 is 11.3 Å². The fourth-order valence-electron chi connectivity index (χ4n) is 1.27. The van der Waals surface area contributed by atoms with Gasteiger partial charge < -0.3 is 10.4 Å². The zero-order valence-corrected chi connectivity index (χ0v) is 8.47. The first-order chi connectivity index (χ1) is 6.29. The summed E-state index contributed by atoms with van der Waals surface area (Å²) < 4.78 is 0. The summed E-state index contributed by atoms with van der Waals surface area (Å²) in [5, 5.41) is 15.6. The second-order valence-electron chi connectivity index (χ2n) is 3.50. The van der Waals surface area contributed by atoms with Crippen LogP contribution in [0.4, 0.5) is 0 Å². The van der Waals surface area contributed by atoms with Crippen LogP contribution in [-0.4, -0.2) is 22.7 Å². The summed E-state index contributed by atoms with van der Waals surface area (Å²) in [6, 6.07) is 0.660. The third kappa shape index (κ3) is 2.27. The van der Waals surface area contributed by atoms with Gasteiger partial charge >= 0.3 is 0 Å². The normalized spacial score (nSPS) is 18.9. The Kier molecular flexibility index (Phi) is 2.62. The maximum absolute atomic E-state index is 9.17. The van der Waals surface area contributed by atoms with Crippen molar-refractivity contribution in [2.45, 2.75) is 31.8 Å². The number of aryl methyl sites for hydroxylation is 1. The number of thiazole rings is 1. The van der Waals surface area contributed by atoms with Crippen LogP contribution in [0.25, 0.3) is 0 Å². The largest absolute Gasteiger partial charge is 0.394 e. The molecule has 1 fully saturated rings. The molecule has 0 bridgehead atoms. The van der Waals surface area contributed by atoms with Gasteiger partial charge in [-0.25, -0.2) is 4.98 Å². The van der Waals surface area contributed by atoms with Crippen LogP contribution in [0.15, 0.2) is 5.38 Å². The standard InChI is InChI=1S/C9H14N2OS/c1-6-5-13-9(10-6)8(4-12)11-7-2-3-7/h5,7-8,11-12H,2-4H2,1H3. The number of aromatic nitrogens is 1. The van der Waals surface area contributed by atoms with Crippen LogP contribution in [-0.2, 0) is 0 Å². The minimum atomic E-state index is 0.0474. The van der Waals surface area contributed by atoms with Gasteiger partial charge in [0.15, 0.2) is 0 Å². The molecule has 3 nitrogen and oxygen atoms in total. The predicted octanol–water partition coefficient (Wildman–Crippen LogP) is 1.24. The molecule has 4 heteroatoms. The van der Waals surface area contributed by atoms with Crippen molar-refractivity contribution in [3.63, 3.8) is 0 Å². The topological polar surface area (TPSA) is 45.1 Å². The third-order valence-corrected chi connectivity index (χ3v) is 3.21. The van der Waals surface area contributed by atoms with E-state index >= 15 is 0 Å². The molecule has 1 saturated carbocycles. The number of aliphatic hydroxyl groups is 1. The summed E-state index contributed by atoms with van der Waals surface area (Å²) in [4.78, 5) is 4.36. The quantitative estimate of drug-likeness (QED) is 0.765. The Balaban J connectivity index is 2.01. The van der Waals surface area contributed by atoms with Gasteiger partial charge in [0.25, 0.3) is 0 Å². The van der Waals surface area contributed by atoms with Crippen molar-refractivity contribution in [2.24, 2.45) is 0 Å². The molecule has 1 aromatic rings. The van der Waals surface area contributed by atoms with Crippen molar-refractivity contribution in [3.05, 3.63) is 16.1 Å². The van der Waals surface area contributed by atoms with Gasteiger partial charge in [0.2, 0.25) is 0 Å². The van der Waals surface area contributed by atoms with Crippen LogP contribution in [0.3, 0.4) is 0 Å². The molecule has 1 aromatic heterocycles. The Morgan fingerprint density at radius 2 is 2.54 bits per heavy atom. The molecule has 0 saturated heterocycles. The van der Waals surface area contributed by atoms with E-state index in [4.69, 9.17) is 5.11 Å². The van der Waals surface area contributed by atoms with E-state index in [1.807, 2.05) is 12.3 Å². The number of hydrogen-bond acceptors (Lipinski definition) is 4. The van der Waals surface area contributed by atoms with E-state index in [-0.39, 0.29) is 12.6 Å². The molecule has 0 aromatic carbocycles. The Morgan fingerprint density at radius 3 is 3.00 bits per heavy atom. The van der Waals surface area contributed by atoms with Crippen molar-refractivity contribution in [3.8, 4) is 0 Å². The van der Waals surface area contributed by atoms with Crippen LogP contribution in [0, 0.1) is 6.92 Å². The van der Waals surface area contributed by atoms with Crippen molar-refractivity contribution >= 4 is 11.3 Å². The minimum Gasteiger partial charge on any atom is -0.394 e. The lowest BCUT2D eigenvalue weighted by Gasteiger charge is -2.12. The maximum Gasteiger partial charge on any atom is 0.112 e. The van der Waals surface area contributed by atoms with Crippen molar-refractivity contribution < 1.29 is 5.11 Å². The second-order valence-corrected chi connectivity index (χ2v) is 4.39. The molecule has 0 aliphatic heterocycles. The molecule has 1 atom stereocenters. The van der Waals surface area contributed by atoms with E-state index in [9.17, 15) is 0 Å². The van der Waals surface area contributed by atoms with Gasteiger partial charge in [-0.15, -0.1) is 11.3 Å². The molecule has 2 rings (SSSR count). The van der Waals surface area contributed by atoms with Crippen LogP contribution in [0.2, 0.25) is 0 Å². The molecule has 0 radical (unpaired) electrons. The summed E-state index contributed by atoms with van der Waals surface area (Å²) in [5.74, 6) is 0. The summed E-state index contributed by atoms with van der Waals surface area (Å²) in [6.45, 7) is 2.12. The summed E-state index contributed by atoms with van der Waals surface area (Å²) in [6.07, 6.45) is 2.47. The molecule has 1 unspecified atom stereocenters. The Morgan fingerprint density at radius 1 is 1.77 bits per heavy atom. The summed E-state index contributed by atoms with van der Waals surface area (Å²) in [5.41, 5.74) is 1.04. The number of rotatable bonds is 4. The molecule has 0 amide bonds. The zero-order chi connectivity index (χ0) is 9.26. The number of hydrogen-bond donors (Lipinski definition) is 2. The lowest BCUT2D eigenvalue weighted by molar-refractivity contribution is 0.243. The molecular formula is C9H14N2OS. The first kappa shape index (κ1) is 9.12. The zero-order valence-electron chi connectivity index (χ0n) is 7.66. The van der Waals surface area contributed by atoms with Crippen molar-refractivity contribution in [1.82, 2.24) is 10.3 Å². The van der Waals surface area contributed by atoms with E-state index in [1.54, 1.807) is 11.3 Å². The highest BCUT2D eigenvalue weighted by Crippen LogP contribution is 2.25. The molecule has 2 N–H and O–H groups in total. The SMILES string of the molecule is Cc1csc(C(CO)NC2CC2)n1. The molecule has 1 aliphatic carbocycles. The van der Waals surface area contributed by atoms with E-state index < -0.39 is 0 Å². The van der Waals surface area contributed by atoms with Gasteiger partial charge in [-0.3, -0.25) is 0 Å². The summed E-state index contributed by atoms with van der Waals surface area (Å²) >= 11 is 1.62. The fourth-order valence-corrected chi connectivity index (χ4v) is 2.12. The van der Waals surface area contributed by atoms with Gasteiger partial charge in [0, 0.05) is 17.1 Å². The Labute approximate surface area is 81.8 Å². The minimum absolute atomic E-state index is 0.0474. The van der Waals surface area contributed by atoms with Gasteiger partial charge in [-0.1, -0.05) is 0 Å². The molecule has 0 spiro atoms. The Bertz CT molecular complexity index is 283. The number of aliphatic hydroxyl groups excluding tert-OH is 1. The highest BCUT2D eigenvalue weighted by atomic mass is 32.1. The predicted molar refractivity (Wildman–Crippen MR) is 52.8 cm³/mol. The molecule has 13 heavy (non-hydrogen) atoms.